The smallest absolute Gasteiger partial charge is 0.332 e. The summed E-state index contributed by atoms with van der Waals surface area (Å²) in [5.41, 5.74) is 0.0139. The van der Waals surface area contributed by atoms with Gasteiger partial charge in [0.05, 0.1) is 13.2 Å². The molecule has 0 aromatic carbocycles. The Hall–Kier alpha value is -2.09. The Bertz CT molecular complexity index is 724. The number of ether oxygens (including phenoxy) is 1. The van der Waals surface area contributed by atoms with Crippen molar-refractivity contribution in [2.24, 2.45) is 14.1 Å². The number of imidazole rings is 1. The van der Waals surface area contributed by atoms with Crippen molar-refractivity contribution in [3.05, 3.63) is 20.8 Å². The summed E-state index contributed by atoms with van der Waals surface area (Å²) in [5.74, 6) is 0.531. The van der Waals surface area contributed by atoms with Crippen molar-refractivity contribution in [2.75, 3.05) is 26.1 Å². The van der Waals surface area contributed by atoms with E-state index in [1.807, 2.05) is 0 Å². The predicted molar refractivity (Wildman–Crippen MR) is 71.6 cm³/mol. The number of fused-ring (bicyclic) bond motifs is 1. The van der Waals surface area contributed by atoms with Gasteiger partial charge in [-0.05, 0) is 0 Å². The van der Waals surface area contributed by atoms with Gasteiger partial charge >= 0.3 is 5.69 Å². The van der Waals surface area contributed by atoms with Crippen LogP contribution in [0, 0.1) is 0 Å². The third-order valence-electron chi connectivity index (χ3n) is 3.10. The summed E-state index contributed by atoms with van der Waals surface area (Å²) in [5, 5.41) is 2.89. The minimum Gasteiger partial charge on any atom is -0.383 e. The lowest BCUT2D eigenvalue weighted by molar-refractivity contribution is 0.186. The second kappa shape index (κ2) is 4.88. The van der Waals surface area contributed by atoms with Crippen LogP contribution in [-0.4, -0.2) is 39.4 Å². The van der Waals surface area contributed by atoms with Gasteiger partial charge in [-0.1, -0.05) is 0 Å². The molecule has 8 nitrogen and oxygen atoms in total. The number of methoxy groups -OCH3 is 1. The summed E-state index contributed by atoms with van der Waals surface area (Å²) in [6, 6.07) is 0. The van der Waals surface area contributed by atoms with Crippen LogP contribution in [-0.2, 0) is 25.4 Å². The Morgan fingerprint density at radius 3 is 2.53 bits per heavy atom. The minimum atomic E-state index is -0.393. The average Bonchev–Trinajstić information content (AvgIpc) is 2.73. The molecule has 0 unspecified atom stereocenters. The van der Waals surface area contributed by atoms with Crippen LogP contribution in [0.4, 0.5) is 5.95 Å². The van der Waals surface area contributed by atoms with E-state index in [9.17, 15) is 9.59 Å². The fourth-order valence-electron chi connectivity index (χ4n) is 2.04. The van der Waals surface area contributed by atoms with Gasteiger partial charge in [0.1, 0.15) is 0 Å². The average molecular weight is 267 g/mol. The molecule has 0 spiro atoms. The number of aryl methyl sites for hydroxylation is 1. The molecule has 0 aliphatic heterocycles. The second-order valence-electron chi connectivity index (χ2n) is 4.21. The van der Waals surface area contributed by atoms with Crippen LogP contribution in [0.15, 0.2) is 9.59 Å². The highest BCUT2D eigenvalue weighted by Crippen LogP contribution is 2.12. The monoisotopic (exact) mass is 267 g/mol. The topological polar surface area (TPSA) is 83.1 Å². The SMILES string of the molecule is CNc1nc2c(c(=O)n(C)c(=O)n2CCOC)n1C. The molecule has 0 aliphatic carbocycles. The molecule has 0 aliphatic rings. The van der Waals surface area contributed by atoms with E-state index < -0.39 is 5.69 Å². The van der Waals surface area contributed by atoms with Crippen LogP contribution in [0.2, 0.25) is 0 Å². The third kappa shape index (κ3) is 1.93. The number of hydrogen-bond acceptors (Lipinski definition) is 5. The van der Waals surface area contributed by atoms with E-state index in [0.29, 0.717) is 30.3 Å². The lowest BCUT2D eigenvalue weighted by atomic mass is 10.5. The van der Waals surface area contributed by atoms with Gasteiger partial charge in [-0.15, -0.1) is 0 Å². The van der Waals surface area contributed by atoms with Crippen LogP contribution < -0.4 is 16.6 Å². The van der Waals surface area contributed by atoms with Crippen molar-refractivity contribution >= 4 is 17.1 Å². The molecule has 1 N–H and O–H groups in total. The van der Waals surface area contributed by atoms with E-state index in [0.717, 1.165) is 4.57 Å². The van der Waals surface area contributed by atoms with Crippen molar-refractivity contribution in [2.45, 2.75) is 6.54 Å². The molecule has 0 amide bonds. The number of nitrogens with one attached hydrogen (secondary N) is 1. The van der Waals surface area contributed by atoms with Crippen molar-refractivity contribution in [1.29, 1.82) is 0 Å². The number of anilines is 1. The normalized spacial score (nSPS) is 11.2. The number of nitrogens with zero attached hydrogens (tertiary/aromatic N) is 4. The first-order valence-corrected chi connectivity index (χ1v) is 5.85. The Labute approximate surface area is 109 Å². The highest BCUT2D eigenvalue weighted by atomic mass is 16.5. The molecule has 2 heterocycles. The maximum absolute atomic E-state index is 12.2. The molecule has 2 rings (SSSR count). The van der Waals surface area contributed by atoms with Gasteiger partial charge in [0.25, 0.3) is 5.56 Å². The molecule has 19 heavy (non-hydrogen) atoms. The summed E-state index contributed by atoms with van der Waals surface area (Å²) < 4.78 is 9.15. The minimum absolute atomic E-state index is 0.347. The lowest BCUT2D eigenvalue weighted by Gasteiger charge is -2.08. The maximum Gasteiger partial charge on any atom is 0.332 e. The summed E-state index contributed by atoms with van der Waals surface area (Å²) in [7, 11) is 6.46. The van der Waals surface area contributed by atoms with Crippen molar-refractivity contribution < 1.29 is 4.74 Å². The van der Waals surface area contributed by atoms with Crippen molar-refractivity contribution in [3.8, 4) is 0 Å². The Kier molecular flexibility index (Phi) is 3.43. The fourth-order valence-corrected chi connectivity index (χ4v) is 2.04. The third-order valence-corrected chi connectivity index (χ3v) is 3.10. The first kappa shape index (κ1) is 13.3. The molecule has 2 aromatic heterocycles. The zero-order chi connectivity index (χ0) is 14.2. The van der Waals surface area contributed by atoms with E-state index in [4.69, 9.17) is 4.74 Å². The molecule has 104 valence electrons. The first-order chi connectivity index (χ1) is 9.02. The van der Waals surface area contributed by atoms with Crippen LogP contribution in [0.1, 0.15) is 0 Å². The van der Waals surface area contributed by atoms with E-state index in [1.165, 1.54) is 11.6 Å². The highest BCUT2D eigenvalue weighted by Gasteiger charge is 2.17. The molecule has 0 fully saturated rings. The molecule has 8 heteroatoms. The number of hydrogen-bond donors (Lipinski definition) is 1. The van der Waals surface area contributed by atoms with Crippen LogP contribution in [0.25, 0.3) is 11.2 Å². The maximum atomic E-state index is 12.2. The Morgan fingerprint density at radius 1 is 1.26 bits per heavy atom. The summed E-state index contributed by atoms with van der Waals surface area (Å²) in [4.78, 5) is 28.6. The first-order valence-electron chi connectivity index (χ1n) is 5.85. The lowest BCUT2D eigenvalue weighted by Crippen LogP contribution is -2.39. The molecule has 0 bridgehead atoms. The van der Waals surface area contributed by atoms with Gasteiger partial charge in [0.15, 0.2) is 11.2 Å². The van der Waals surface area contributed by atoms with Gasteiger partial charge in [-0.25, -0.2) is 4.79 Å². The van der Waals surface area contributed by atoms with Gasteiger partial charge < -0.3 is 14.6 Å². The quantitative estimate of drug-likeness (QED) is 0.778. The number of aromatic nitrogens is 4. The van der Waals surface area contributed by atoms with Crippen LogP contribution >= 0.6 is 0 Å². The van der Waals surface area contributed by atoms with Crippen LogP contribution in [0.5, 0.6) is 0 Å². The molecule has 2 aromatic rings. The number of rotatable bonds is 4. The van der Waals surface area contributed by atoms with Gasteiger partial charge in [-0.2, -0.15) is 4.98 Å². The standard InChI is InChI=1S/C11H17N5O3/c1-12-10-13-8-7(14(10)2)9(17)15(3)11(18)16(8)5-6-19-4/h5-6H2,1-4H3,(H,12,13). The van der Waals surface area contributed by atoms with Crippen molar-refractivity contribution in [3.63, 3.8) is 0 Å². The fraction of sp³-hybridized carbons (Fsp3) is 0.545. The van der Waals surface area contributed by atoms with Gasteiger partial charge in [0, 0.05) is 28.3 Å². The molecule has 0 radical (unpaired) electrons. The van der Waals surface area contributed by atoms with Crippen molar-refractivity contribution in [1.82, 2.24) is 18.7 Å². The summed E-state index contributed by atoms with van der Waals surface area (Å²) in [6.07, 6.45) is 0. The molecule has 0 atom stereocenters. The van der Waals surface area contributed by atoms with E-state index >= 15 is 0 Å². The zero-order valence-corrected chi connectivity index (χ0v) is 11.4. The van der Waals surface area contributed by atoms with E-state index in [1.54, 1.807) is 25.8 Å². The molecule has 0 saturated carbocycles. The zero-order valence-electron chi connectivity index (χ0n) is 11.4. The highest BCUT2D eigenvalue weighted by molar-refractivity contribution is 5.74. The van der Waals surface area contributed by atoms with E-state index in [-0.39, 0.29) is 5.56 Å². The second-order valence-corrected chi connectivity index (χ2v) is 4.21. The Balaban J connectivity index is 2.87. The summed E-state index contributed by atoms with van der Waals surface area (Å²) in [6.45, 7) is 0.721. The largest absolute Gasteiger partial charge is 0.383 e. The van der Waals surface area contributed by atoms with Gasteiger partial charge in [0.2, 0.25) is 5.95 Å². The molecule has 0 saturated heterocycles. The summed E-state index contributed by atoms with van der Waals surface area (Å²) >= 11 is 0. The van der Waals surface area contributed by atoms with E-state index in [2.05, 4.69) is 10.3 Å². The molecular formula is C11H17N5O3. The predicted octanol–water partition coefficient (Wildman–Crippen LogP) is -0.878. The Morgan fingerprint density at radius 2 is 1.95 bits per heavy atom. The van der Waals surface area contributed by atoms with Gasteiger partial charge in [-0.3, -0.25) is 13.9 Å². The molecular weight excluding hydrogens is 250 g/mol. The van der Waals surface area contributed by atoms with Crippen LogP contribution in [0.3, 0.4) is 0 Å².